The first-order valence-corrected chi connectivity index (χ1v) is 9.65. The van der Waals surface area contributed by atoms with E-state index in [4.69, 9.17) is 9.84 Å². The number of nitrogens with zero attached hydrogens (tertiary/aromatic N) is 4. The highest BCUT2D eigenvalue weighted by Crippen LogP contribution is 2.30. The van der Waals surface area contributed by atoms with Crippen molar-refractivity contribution in [2.45, 2.75) is 6.54 Å². The average molecular weight is 397 g/mol. The van der Waals surface area contributed by atoms with Crippen molar-refractivity contribution in [2.75, 3.05) is 31.6 Å². The number of pyridine rings is 2. The molecule has 9 heteroatoms. The summed E-state index contributed by atoms with van der Waals surface area (Å²) >= 11 is 1.42. The second kappa shape index (κ2) is 8.42. The normalized spacial score (nSPS) is 14.7. The van der Waals surface area contributed by atoms with E-state index < -0.39 is 5.97 Å². The third-order valence-corrected chi connectivity index (χ3v) is 5.31. The SMILES string of the molecule is O=C(O)c1cncc(-c2cnc(Nc3cc(CN4CCOCC4)ccn3)s2)c1. The van der Waals surface area contributed by atoms with Gasteiger partial charge in [-0.05, 0) is 23.8 Å². The number of nitrogens with one attached hydrogen (secondary N) is 1. The van der Waals surface area contributed by atoms with Gasteiger partial charge in [-0.1, -0.05) is 11.3 Å². The van der Waals surface area contributed by atoms with Crippen LogP contribution < -0.4 is 5.32 Å². The van der Waals surface area contributed by atoms with E-state index in [0.717, 1.165) is 49.1 Å². The van der Waals surface area contributed by atoms with E-state index in [1.807, 2.05) is 12.1 Å². The van der Waals surface area contributed by atoms with Crippen LogP contribution in [-0.4, -0.2) is 57.2 Å². The number of carbonyl (C=O) groups is 1. The molecule has 0 aromatic carbocycles. The number of hydrogen-bond donors (Lipinski definition) is 2. The molecule has 0 amide bonds. The summed E-state index contributed by atoms with van der Waals surface area (Å²) in [5.41, 5.74) is 2.05. The minimum atomic E-state index is -1.00. The summed E-state index contributed by atoms with van der Waals surface area (Å²) in [5, 5.41) is 13.0. The molecular weight excluding hydrogens is 378 g/mol. The number of carboxylic acid groups (broad SMARTS) is 1. The molecule has 0 unspecified atom stereocenters. The number of aromatic nitrogens is 3. The van der Waals surface area contributed by atoms with Gasteiger partial charge in [0.2, 0.25) is 0 Å². The van der Waals surface area contributed by atoms with Gasteiger partial charge in [-0.3, -0.25) is 9.88 Å². The van der Waals surface area contributed by atoms with Gasteiger partial charge in [-0.25, -0.2) is 14.8 Å². The maximum Gasteiger partial charge on any atom is 0.337 e. The van der Waals surface area contributed by atoms with Crippen molar-refractivity contribution in [3.05, 3.63) is 54.1 Å². The summed E-state index contributed by atoms with van der Waals surface area (Å²) < 4.78 is 5.39. The number of aromatic carboxylic acids is 1. The van der Waals surface area contributed by atoms with Crippen LogP contribution in [0.4, 0.5) is 10.9 Å². The zero-order chi connectivity index (χ0) is 19.3. The first-order chi connectivity index (χ1) is 13.7. The van der Waals surface area contributed by atoms with Crippen LogP contribution in [-0.2, 0) is 11.3 Å². The predicted octanol–water partition coefficient (Wildman–Crippen LogP) is 2.87. The summed E-state index contributed by atoms with van der Waals surface area (Å²) in [4.78, 5) is 27.0. The Balaban J connectivity index is 1.46. The van der Waals surface area contributed by atoms with Gasteiger partial charge < -0.3 is 15.2 Å². The maximum atomic E-state index is 11.1. The smallest absolute Gasteiger partial charge is 0.337 e. The third-order valence-electron chi connectivity index (χ3n) is 4.34. The van der Waals surface area contributed by atoms with Gasteiger partial charge in [-0.15, -0.1) is 0 Å². The van der Waals surface area contributed by atoms with Gasteiger partial charge in [0.25, 0.3) is 0 Å². The summed E-state index contributed by atoms with van der Waals surface area (Å²) in [5.74, 6) is -0.275. The molecule has 1 aliphatic heterocycles. The number of thiazole rings is 1. The minimum absolute atomic E-state index is 0.151. The number of carboxylic acids is 1. The van der Waals surface area contributed by atoms with Crippen LogP contribution >= 0.6 is 11.3 Å². The second-order valence-corrected chi connectivity index (χ2v) is 7.39. The molecule has 8 nitrogen and oxygen atoms in total. The summed E-state index contributed by atoms with van der Waals surface area (Å²) in [6, 6.07) is 5.62. The van der Waals surface area contributed by atoms with Gasteiger partial charge in [0.1, 0.15) is 5.82 Å². The van der Waals surface area contributed by atoms with Gasteiger partial charge in [0.05, 0.1) is 23.7 Å². The highest BCUT2D eigenvalue weighted by atomic mass is 32.1. The molecule has 1 aliphatic rings. The standard InChI is InChI=1S/C19H19N5O3S/c25-18(26)15-8-14(9-20-10-15)16-11-22-19(28-16)23-17-7-13(1-2-21-17)12-24-3-5-27-6-4-24/h1-2,7-11H,3-6,12H2,(H,25,26)(H,21,22,23). The lowest BCUT2D eigenvalue weighted by Gasteiger charge is -2.26. The molecule has 0 saturated carbocycles. The Morgan fingerprint density at radius 1 is 1.21 bits per heavy atom. The van der Waals surface area contributed by atoms with Gasteiger partial charge in [-0.2, -0.15) is 0 Å². The molecule has 0 atom stereocenters. The Kier molecular flexibility index (Phi) is 5.56. The average Bonchev–Trinajstić information content (AvgIpc) is 3.18. The number of hydrogen-bond acceptors (Lipinski definition) is 8. The molecule has 1 fully saturated rings. The van der Waals surface area contributed by atoms with Crippen molar-refractivity contribution in [3.8, 4) is 10.4 Å². The molecule has 3 aromatic heterocycles. The van der Waals surface area contributed by atoms with Crippen LogP contribution in [0.2, 0.25) is 0 Å². The molecule has 4 rings (SSSR count). The Morgan fingerprint density at radius 3 is 2.89 bits per heavy atom. The van der Waals surface area contributed by atoms with Crippen LogP contribution in [0, 0.1) is 0 Å². The molecule has 0 aliphatic carbocycles. The van der Waals surface area contributed by atoms with E-state index >= 15 is 0 Å². The molecule has 0 radical (unpaired) electrons. The predicted molar refractivity (Wildman–Crippen MR) is 106 cm³/mol. The summed E-state index contributed by atoms with van der Waals surface area (Å²) in [6.07, 6.45) is 6.45. The molecule has 3 aromatic rings. The van der Waals surface area contributed by atoms with Crippen molar-refractivity contribution >= 4 is 28.3 Å². The fourth-order valence-corrected chi connectivity index (χ4v) is 3.73. The highest BCUT2D eigenvalue weighted by Gasteiger charge is 2.12. The first kappa shape index (κ1) is 18.5. The van der Waals surface area contributed by atoms with Crippen LogP contribution in [0.5, 0.6) is 0 Å². The lowest BCUT2D eigenvalue weighted by atomic mass is 10.2. The van der Waals surface area contributed by atoms with Crippen molar-refractivity contribution in [2.24, 2.45) is 0 Å². The molecule has 1 saturated heterocycles. The van der Waals surface area contributed by atoms with E-state index in [0.29, 0.717) is 5.13 Å². The van der Waals surface area contributed by atoms with Crippen LogP contribution in [0.1, 0.15) is 15.9 Å². The third kappa shape index (κ3) is 4.50. The molecule has 0 bridgehead atoms. The van der Waals surface area contributed by atoms with Gasteiger partial charge >= 0.3 is 5.97 Å². The van der Waals surface area contributed by atoms with E-state index in [2.05, 4.69) is 25.2 Å². The lowest BCUT2D eigenvalue weighted by molar-refractivity contribution is 0.0342. The van der Waals surface area contributed by atoms with Crippen LogP contribution in [0.3, 0.4) is 0 Å². The number of rotatable bonds is 6. The monoisotopic (exact) mass is 397 g/mol. The van der Waals surface area contributed by atoms with E-state index in [-0.39, 0.29) is 5.56 Å². The first-order valence-electron chi connectivity index (χ1n) is 8.84. The molecule has 144 valence electrons. The quantitative estimate of drug-likeness (QED) is 0.655. The number of anilines is 2. The van der Waals surface area contributed by atoms with E-state index in [1.54, 1.807) is 24.7 Å². The largest absolute Gasteiger partial charge is 0.478 e. The maximum absolute atomic E-state index is 11.1. The van der Waals surface area contributed by atoms with Crippen LogP contribution in [0.15, 0.2) is 43.0 Å². The van der Waals surface area contributed by atoms with Crippen LogP contribution in [0.25, 0.3) is 10.4 Å². The van der Waals surface area contributed by atoms with Crippen molar-refractivity contribution in [1.82, 2.24) is 19.9 Å². The fourth-order valence-electron chi connectivity index (χ4n) is 2.93. The Morgan fingerprint density at radius 2 is 2.07 bits per heavy atom. The summed E-state index contributed by atoms with van der Waals surface area (Å²) in [7, 11) is 0. The van der Waals surface area contributed by atoms with Crippen molar-refractivity contribution < 1.29 is 14.6 Å². The van der Waals surface area contributed by atoms with Crippen molar-refractivity contribution in [3.63, 3.8) is 0 Å². The number of ether oxygens (including phenoxy) is 1. The molecule has 28 heavy (non-hydrogen) atoms. The lowest BCUT2D eigenvalue weighted by Crippen LogP contribution is -2.35. The van der Waals surface area contributed by atoms with E-state index in [9.17, 15) is 4.79 Å². The highest BCUT2D eigenvalue weighted by molar-refractivity contribution is 7.18. The Labute approximate surface area is 165 Å². The Bertz CT molecular complexity index is 971. The molecular formula is C19H19N5O3S. The topological polar surface area (TPSA) is 100 Å². The zero-order valence-electron chi connectivity index (χ0n) is 15.0. The Hall–Kier alpha value is -2.88. The van der Waals surface area contributed by atoms with Crippen molar-refractivity contribution in [1.29, 1.82) is 0 Å². The van der Waals surface area contributed by atoms with E-state index in [1.165, 1.54) is 23.1 Å². The molecule has 0 spiro atoms. The van der Waals surface area contributed by atoms with Gasteiger partial charge in [0.15, 0.2) is 5.13 Å². The summed E-state index contributed by atoms with van der Waals surface area (Å²) in [6.45, 7) is 4.28. The second-order valence-electron chi connectivity index (χ2n) is 6.36. The van der Waals surface area contributed by atoms with Gasteiger partial charge in [0, 0.05) is 50.0 Å². The molecule has 4 heterocycles. The molecule has 2 N–H and O–H groups in total. The fraction of sp³-hybridized carbons (Fsp3) is 0.263. The zero-order valence-corrected chi connectivity index (χ0v) is 15.9. The number of morpholine rings is 1. The minimum Gasteiger partial charge on any atom is -0.478 e.